The first kappa shape index (κ1) is 24.4. The summed E-state index contributed by atoms with van der Waals surface area (Å²) in [6.07, 6.45) is 4.28. The van der Waals surface area contributed by atoms with Crippen LogP contribution in [0, 0.1) is 11.3 Å². The van der Waals surface area contributed by atoms with Crippen LogP contribution in [0.1, 0.15) is 61.1 Å². The van der Waals surface area contributed by atoms with Gasteiger partial charge in [-0.1, -0.05) is 22.8 Å². The maximum absolute atomic E-state index is 12.9. The van der Waals surface area contributed by atoms with Crippen molar-refractivity contribution in [1.82, 2.24) is 24.9 Å². The van der Waals surface area contributed by atoms with Crippen molar-refractivity contribution in [3.05, 3.63) is 58.5 Å². The van der Waals surface area contributed by atoms with E-state index in [1.54, 1.807) is 40.6 Å². The van der Waals surface area contributed by atoms with Gasteiger partial charge in [0.1, 0.15) is 11.8 Å². The van der Waals surface area contributed by atoms with Gasteiger partial charge < -0.3 is 15.3 Å². The first-order valence-corrected chi connectivity index (χ1v) is 11.7. The minimum absolute atomic E-state index is 0.220. The van der Waals surface area contributed by atoms with Gasteiger partial charge in [0.25, 0.3) is 5.91 Å². The second kappa shape index (κ2) is 10.7. The highest BCUT2D eigenvalue weighted by Crippen LogP contribution is 2.25. The third-order valence-corrected chi connectivity index (χ3v) is 6.09. The smallest absolute Gasteiger partial charge is 0.272 e. The van der Waals surface area contributed by atoms with E-state index in [4.69, 9.17) is 21.6 Å². The van der Waals surface area contributed by atoms with Crippen LogP contribution >= 0.6 is 11.6 Å². The predicted octanol–water partition coefficient (Wildman–Crippen LogP) is 3.99. The van der Waals surface area contributed by atoms with E-state index >= 15 is 0 Å². The van der Waals surface area contributed by atoms with E-state index in [-0.39, 0.29) is 23.9 Å². The molecule has 1 aliphatic heterocycles. The fourth-order valence-corrected chi connectivity index (χ4v) is 4.19. The first-order valence-electron chi connectivity index (χ1n) is 11.3. The lowest BCUT2D eigenvalue weighted by Gasteiger charge is -2.24. The van der Waals surface area contributed by atoms with Crippen molar-refractivity contribution in [3.8, 4) is 17.3 Å². The molecule has 1 aliphatic rings. The summed E-state index contributed by atoms with van der Waals surface area (Å²) < 4.78 is 9.16. The number of nitrogens with zero attached hydrogens (tertiary/aromatic N) is 6. The highest BCUT2D eigenvalue weighted by Gasteiger charge is 2.24. The summed E-state index contributed by atoms with van der Waals surface area (Å²) in [5.74, 6) is -0.342. The van der Waals surface area contributed by atoms with E-state index in [2.05, 4.69) is 20.7 Å². The number of aromatic nitrogens is 4. The van der Waals surface area contributed by atoms with Gasteiger partial charge in [-0.15, -0.1) is 0 Å². The highest BCUT2D eigenvalue weighted by molar-refractivity contribution is 6.32. The van der Waals surface area contributed by atoms with Crippen molar-refractivity contribution < 1.29 is 14.7 Å². The van der Waals surface area contributed by atoms with Gasteiger partial charge in [-0.25, -0.2) is 4.68 Å². The van der Waals surface area contributed by atoms with Gasteiger partial charge in [-0.2, -0.15) is 15.5 Å². The number of halogens is 1. The van der Waals surface area contributed by atoms with Crippen LogP contribution in [0.15, 0.2) is 41.7 Å². The molecule has 0 saturated carbocycles. The summed E-state index contributed by atoms with van der Waals surface area (Å²) in [6.45, 7) is 4.59. The fourth-order valence-electron chi connectivity index (χ4n) is 3.97. The summed E-state index contributed by atoms with van der Waals surface area (Å²) >= 11 is 6.14. The Hall–Kier alpha value is -3.68. The first-order chi connectivity index (χ1) is 16.9. The van der Waals surface area contributed by atoms with Crippen LogP contribution in [0.3, 0.4) is 0 Å². The molecule has 1 unspecified atom stereocenters. The Morgan fingerprint density at radius 1 is 1.37 bits per heavy atom. The number of rotatable bonds is 7. The van der Waals surface area contributed by atoms with Crippen molar-refractivity contribution in [2.45, 2.75) is 51.9 Å². The SMILES string of the molecule is C/C(=N/O)c1cc(C(=O)N[C@@H](C)Cn2ccc(-c3ccc(C#N)c(Cl)c3)n2)nn1C1CCCCO1. The molecule has 2 N–H and O–H groups in total. The van der Waals surface area contributed by atoms with E-state index < -0.39 is 0 Å². The van der Waals surface area contributed by atoms with Gasteiger partial charge in [0.15, 0.2) is 11.9 Å². The third-order valence-electron chi connectivity index (χ3n) is 5.78. The lowest BCUT2D eigenvalue weighted by Crippen LogP contribution is -2.36. The quantitative estimate of drug-likeness (QED) is 0.289. The molecule has 3 aromatic rings. The number of benzene rings is 1. The third kappa shape index (κ3) is 5.53. The van der Waals surface area contributed by atoms with Gasteiger partial charge in [0.2, 0.25) is 0 Å². The van der Waals surface area contributed by atoms with Gasteiger partial charge in [-0.05, 0) is 57.4 Å². The molecule has 2 aromatic heterocycles. The normalized spacial score (nSPS) is 17.1. The molecule has 0 bridgehead atoms. The van der Waals surface area contributed by atoms with Crippen LogP contribution in [0.25, 0.3) is 11.3 Å². The van der Waals surface area contributed by atoms with Crippen molar-refractivity contribution in [2.24, 2.45) is 5.16 Å². The second-order valence-corrected chi connectivity index (χ2v) is 8.88. The lowest BCUT2D eigenvalue weighted by molar-refractivity contribution is -0.0399. The molecule has 35 heavy (non-hydrogen) atoms. The molecule has 3 heterocycles. The van der Waals surface area contributed by atoms with Crippen molar-refractivity contribution >= 4 is 23.2 Å². The largest absolute Gasteiger partial charge is 0.411 e. The second-order valence-electron chi connectivity index (χ2n) is 8.47. The average molecular weight is 496 g/mol. The molecule has 1 saturated heterocycles. The van der Waals surface area contributed by atoms with Crippen molar-refractivity contribution in [3.63, 3.8) is 0 Å². The zero-order chi connectivity index (χ0) is 24.9. The summed E-state index contributed by atoms with van der Waals surface area (Å²) in [5.41, 5.74) is 3.03. The van der Waals surface area contributed by atoms with Crippen LogP contribution in [-0.2, 0) is 11.3 Å². The molecular weight excluding hydrogens is 470 g/mol. The van der Waals surface area contributed by atoms with Crippen LogP contribution in [0.4, 0.5) is 0 Å². The van der Waals surface area contributed by atoms with Crippen LogP contribution in [0.2, 0.25) is 5.02 Å². The molecule has 1 amide bonds. The maximum atomic E-state index is 12.9. The fraction of sp³-hybridized carbons (Fsp3) is 0.375. The Bertz CT molecular complexity index is 1280. The van der Waals surface area contributed by atoms with Crippen LogP contribution in [0.5, 0.6) is 0 Å². The van der Waals surface area contributed by atoms with Gasteiger partial charge in [0.05, 0.1) is 28.5 Å². The Kier molecular flexibility index (Phi) is 7.48. The summed E-state index contributed by atoms with van der Waals surface area (Å²) in [4.78, 5) is 12.9. The minimum atomic E-state index is -0.342. The molecule has 1 fully saturated rings. The maximum Gasteiger partial charge on any atom is 0.272 e. The summed E-state index contributed by atoms with van der Waals surface area (Å²) in [6, 6.07) is 10.4. The van der Waals surface area contributed by atoms with E-state index in [0.29, 0.717) is 40.8 Å². The molecule has 2 atom stereocenters. The number of amides is 1. The lowest BCUT2D eigenvalue weighted by atomic mass is 10.1. The van der Waals surface area contributed by atoms with Gasteiger partial charge in [-0.3, -0.25) is 9.48 Å². The molecular formula is C24H26ClN7O3. The Labute approximate surface area is 207 Å². The van der Waals surface area contributed by atoms with Crippen LogP contribution in [-0.4, -0.2) is 49.0 Å². The zero-order valence-electron chi connectivity index (χ0n) is 19.5. The molecule has 0 radical (unpaired) electrons. The number of hydrogen-bond donors (Lipinski definition) is 2. The van der Waals surface area contributed by atoms with E-state index in [9.17, 15) is 10.0 Å². The van der Waals surface area contributed by atoms with Gasteiger partial charge >= 0.3 is 0 Å². The monoisotopic (exact) mass is 495 g/mol. The number of nitriles is 1. The molecule has 0 aliphatic carbocycles. The van der Waals surface area contributed by atoms with E-state index in [1.807, 2.05) is 25.3 Å². The summed E-state index contributed by atoms with van der Waals surface area (Å²) in [5, 5.41) is 33.9. The number of nitrogens with one attached hydrogen (secondary N) is 1. The van der Waals surface area contributed by atoms with E-state index in [0.717, 1.165) is 24.8 Å². The molecule has 0 spiro atoms. The number of carbonyl (C=O) groups is 1. The molecule has 11 heteroatoms. The minimum Gasteiger partial charge on any atom is -0.411 e. The molecule has 182 valence electrons. The molecule has 4 rings (SSSR count). The Balaban J connectivity index is 1.44. The average Bonchev–Trinajstić information content (AvgIpc) is 3.52. The number of hydrogen-bond acceptors (Lipinski definition) is 7. The van der Waals surface area contributed by atoms with Gasteiger partial charge in [0, 0.05) is 24.4 Å². The predicted molar refractivity (Wildman–Crippen MR) is 129 cm³/mol. The number of carbonyl (C=O) groups excluding carboxylic acids is 1. The van der Waals surface area contributed by atoms with Crippen molar-refractivity contribution in [1.29, 1.82) is 5.26 Å². The molecule has 10 nitrogen and oxygen atoms in total. The van der Waals surface area contributed by atoms with Crippen LogP contribution < -0.4 is 5.32 Å². The number of ether oxygens (including phenoxy) is 1. The summed E-state index contributed by atoms with van der Waals surface area (Å²) in [7, 11) is 0. The van der Waals surface area contributed by atoms with E-state index in [1.165, 1.54) is 0 Å². The Morgan fingerprint density at radius 3 is 2.89 bits per heavy atom. The molecule has 1 aromatic carbocycles. The van der Waals surface area contributed by atoms with Crippen molar-refractivity contribution in [2.75, 3.05) is 6.61 Å². The Morgan fingerprint density at radius 2 is 2.20 bits per heavy atom. The zero-order valence-corrected chi connectivity index (χ0v) is 20.2. The topological polar surface area (TPSA) is 130 Å². The standard InChI is InChI=1S/C24H26ClN7O3/c1-15(14-31-9-8-20(28-31)17-6-7-18(13-26)19(25)11-17)27-24(33)21-12-22(16(2)30-34)32(29-21)23-5-3-4-10-35-23/h6-9,11-12,15,23,34H,3-5,10,14H2,1-2H3,(H,27,33)/b30-16-/t15-,23?/m0/s1. The number of oxime groups is 1. The highest BCUT2D eigenvalue weighted by atomic mass is 35.5.